The van der Waals surface area contributed by atoms with E-state index >= 15 is 0 Å². The minimum atomic E-state index is -1.22. The third-order valence-corrected chi connectivity index (χ3v) is 4.45. The Hall–Kier alpha value is -4.26. The van der Waals surface area contributed by atoms with Crippen LogP contribution in [0.2, 0.25) is 0 Å². The zero-order chi connectivity index (χ0) is 20.9. The van der Waals surface area contributed by atoms with Gasteiger partial charge in [0, 0.05) is 19.3 Å². The van der Waals surface area contributed by atoms with Crippen molar-refractivity contribution in [1.29, 1.82) is 0 Å². The van der Waals surface area contributed by atoms with Crippen LogP contribution in [0.4, 0.5) is 4.39 Å². The first-order valence-corrected chi connectivity index (χ1v) is 8.23. The molecule has 0 bridgehead atoms. The molecule has 0 saturated carbocycles. The fourth-order valence-electron chi connectivity index (χ4n) is 3.10. The van der Waals surface area contributed by atoms with Crippen LogP contribution in [0.1, 0.15) is 0 Å². The van der Waals surface area contributed by atoms with E-state index in [2.05, 4.69) is 10.9 Å². The highest BCUT2D eigenvalue weighted by atomic mass is 19.1. The molecule has 3 aromatic heterocycles. The maximum atomic E-state index is 14.8. The minimum absolute atomic E-state index is 0.0378. The van der Waals surface area contributed by atoms with Gasteiger partial charge in [-0.25, -0.2) is 23.5 Å². The van der Waals surface area contributed by atoms with E-state index < -0.39 is 33.9 Å². The predicted molar refractivity (Wildman–Crippen MR) is 102 cm³/mol. The topological polar surface area (TPSA) is 109 Å². The Morgan fingerprint density at radius 2 is 1.97 bits per heavy atom. The van der Waals surface area contributed by atoms with Gasteiger partial charge >= 0.3 is 16.9 Å². The SMILES string of the molecule is C#CCn1c(=O)c(=O)oc2cc(F)c(-n3c(=O)c4cccnc4n(C)c3=O)cc21. The van der Waals surface area contributed by atoms with Crippen molar-refractivity contribution in [2.24, 2.45) is 7.05 Å². The second kappa shape index (κ2) is 6.42. The number of hydrogen-bond donors (Lipinski definition) is 0. The number of pyridine rings is 1. The van der Waals surface area contributed by atoms with E-state index in [-0.39, 0.29) is 28.7 Å². The lowest BCUT2D eigenvalue weighted by Gasteiger charge is -2.12. The Morgan fingerprint density at radius 1 is 1.21 bits per heavy atom. The lowest BCUT2D eigenvalue weighted by molar-refractivity contribution is 0.524. The first-order chi connectivity index (χ1) is 13.8. The van der Waals surface area contributed by atoms with Gasteiger partial charge in [-0.05, 0) is 18.2 Å². The average molecular weight is 394 g/mol. The number of benzene rings is 1. The highest BCUT2D eigenvalue weighted by Crippen LogP contribution is 2.19. The molecular weight excluding hydrogens is 383 g/mol. The van der Waals surface area contributed by atoms with Crippen molar-refractivity contribution >= 4 is 22.1 Å². The van der Waals surface area contributed by atoms with Gasteiger partial charge in [-0.2, -0.15) is 0 Å². The number of nitrogens with zero attached hydrogens (tertiary/aromatic N) is 4. The Kier molecular flexibility index (Phi) is 4.01. The molecule has 29 heavy (non-hydrogen) atoms. The summed E-state index contributed by atoms with van der Waals surface area (Å²) in [6.07, 6.45) is 6.67. The largest absolute Gasteiger partial charge is 0.417 e. The molecule has 9 nitrogen and oxygen atoms in total. The van der Waals surface area contributed by atoms with E-state index in [0.717, 1.165) is 21.3 Å². The van der Waals surface area contributed by atoms with Crippen molar-refractivity contribution in [3.05, 3.63) is 77.9 Å². The van der Waals surface area contributed by atoms with Gasteiger partial charge in [-0.15, -0.1) is 6.42 Å². The molecule has 3 heterocycles. The van der Waals surface area contributed by atoms with Crippen molar-refractivity contribution in [3.8, 4) is 18.0 Å². The van der Waals surface area contributed by atoms with Crippen LogP contribution >= 0.6 is 0 Å². The molecule has 0 unspecified atom stereocenters. The van der Waals surface area contributed by atoms with E-state index in [0.29, 0.717) is 4.57 Å². The van der Waals surface area contributed by atoms with Crippen LogP contribution in [0, 0.1) is 18.2 Å². The number of halogens is 1. The summed E-state index contributed by atoms with van der Waals surface area (Å²) >= 11 is 0. The number of hydrogen-bond acceptors (Lipinski definition) is 6. The zero-order valence-corrected chi connectivity index (χ0v) is 14.9. The van der Waals surface area contributed by atoms with E-state index in [4.69, 9.17) is 10.8 Å². The quantitative estimate of drug-likeness (QED) is 0.353. The molecule has 144 valence electrons. The maximum absolute atomic E-state index is 14.8. The van der Waals surface area contributed by atoms with Gasteiger partial charge in [-0.3, -0.25) is 18.7 Å². The van der Waals surface area contributed by atoms with Crippen molar-refractivity contribution in [2.45, 2.75) is 6.54 Å². The van der Waals surface area contributed by atoms with Gasteiger partial charge < -0.3 is 4.42 Å². The smallest absolute Gasteiger partial charge is 0.402 e. The lowest BCUT2D eigenvalue weighted by Crippen LogP contribution is -2.39. The van der Waals surface area contributed by atoms with E-state index in [1.807, 2.05) is 0 Å². The Bertz CT molecular complexity index is 1600. The zero-order valence-electron chi connectivity index (χ0n) is 14.9. The summed E-state index contributed by atoms with van der Waals surface area (Å²) < 4.78 is 22.3. The van der Waals surface area contributed by atoms with Gasteiger partial charge in [-0.1, -0.05) is 5.92 Å². The molecule has 0 aliphatic heterocycles. The number of terminal acetylenes is 1. The molecule has 0 radical (unpaired) electrons. The molecule has 1 aromatic carbocycles. The van der Waals surface area contributed by atoms with Gasteiger partial charge in [0.1, 0.15) is 5.65 Å². The summed E-state index contributed by atoms with van der Waals surface area (Å²) in [5, 5.41) is 0.0923. The monoisotopic (exact) mass is 394 g/mol. The third kappa shape index (κ3) is 2.60. The highest BCUT2D eigenvalue weighted by Gasteiger charge is 2.19. The fraction of sp³-hybridized carbons (Fsp3) is 0.105. The maximum Gasteiger partial charge on any atom is 0.402 e. The number of rotatable bonds is 2. The van der Waals surface area contributed by atoms with Crippen LogP contribution in [0.5, 0.6) is 0 Å². The second-order valence-corrected chi connectivity index (χ2v) is 6.11. The van der Waals surface area contributed by atoms with Gasteiger partial charge in [0.2, 0.25) is 0 Å². The van der Waals surface area contributed by atoms with Crippen molar-refractivity contribution in [2.75, 3.05) is 0 Å². The predicted octanol–water partition coefficient (Wildman–Crippen LogP) is 0.125. The van der Waals surface area contributed by atoms with Crippen LogP contribution in [-0.2, 0) is 13.6 Å². The first-order valence-electron chi connectivity index (χ1n) is 8.23. The van der Waals surface area contributed by atoms with Gasteiger partial charge in [0.05, 0.1) is 23.1 Å². The van der Waals surface area contributed by atoms with E-state index in [9.17, 15) is 23.6 Å². The van der Waals surface area contributed by atoms with Crippen LogP contribution in [0.25, 0.3) is 27.8 Å². The number of aryl methyl sites for hydroxylation is 1. The molecule has 0 amide bonds. The molecule has 0 N–H and O–H groups in total. The first kappa shape index (κ1) is 18.1. The van der Waals surface area contributed by atoms with Crippen molar-refractivity contribution in [3.63, 3.8) is 0 Å². The van der Waals surface area contributed by atoms with Gasteiger partial charge in [0.15, 0.2) is 11.4 Å². The van der Waals surface area contributed by atoms with Crippen molar-refractivity contribution < 1.29 is 8.81 Å². The molecule has 0 aliphatic rings. The van der Waals surface area contributed by atoms with Crippen LogP contribution < -0.4 is 22.4 Å². The normalized spacial score (nSPS) is 11.1. The summed E-state index contributed by atoms with van der Waals surface area (Å²) in [6.45, 7) is -0.291. The molecule has 0 saturated heterocycles. The summed E-state index contributed by atoms with van der Waals surface area (Å²) in [4.78, 5) is 53.4. The van der Waals surface area contributed by atoms with Crippen molar-refractivity contribution in [1.82, 2.24) is 18.7 Å². The number of fused-ring (bicyclic) bond motifs is 2. The van der Waals surface area contributed by atoms with Crippen LogP contribution in [0.15, 0.2) is 54.1 Å². The summed E-state index contributed by atoms with van der Waals surface area (Å²) in [5.41, 5.74) is -4.48. The van der Waals surface area contributed by atoms with Crippen LogP contribution in [0.3, 0.4) is 0 Å². The fourth-order valence-corrected chi connectivity index (χ4v) is 3.10. The molecule has 4 aromatic rings. The van der Waals surface area contributed by atoms with E-state index in [1.165, 1.54) is 25.4 Å². The molecule has 0 aliphatic carbocycles. The molecule has 10 heteroatoms. The van der Waals surface area contributed by atoms with Crippen LogP contribution in [-0.4, -0.2) is 18.7 Å². The molecule has 4 rings (SSSR count). The third-order valence-electron chi connectivity index (χ3n) is 4.45. The molecule has 0 spiro atoms. The molecule has 0 fully saturated rings. The Labute approximate surface area is 159 Å². The highest BCUT2D eigenvalue weighted by molar-refractivity contribution is 5.77. The molecule has 0 atom stereocenters. The summed E-state index contributed by atoms with van der Waals surface area (Å²) in [6, 6.07) is 4.84. The van der Waals surface area contributed by atoms with E-state index in [1.54, 1.807) is 0 Å². The second-order valence-electron chi connectivity index (χ2n) is 6.11. The number of aromatic nitrogens is 4. The average Bonchev–Trinajstić information content (AvgIpc) is 2.71. The summed E-state index contributed by atoms with van der Waals surface area (Å²) in [7, 11) is 1.39. The summed E-state index contributed by atoms with van der Waals surface area (Å²) in [5.74, 6) is 1.21. The standard InChI is InChI=1S/C19H11FN4O5/c1-3-7-23-13-9-12(11(20)8-14(13)29-18(27)17(23)26)24-16(25)10-5-4-6-21-15(10)22(2)19(24)28/h1,4-6,8-9H,7H2,2H3. The Balaban J connectivity index is 2.19. The Morgan fingerprint density at radius 3 is 2.69 bits per heavy atom. The lowest BCUT2D eigenvalue weighted by atomic mass is 10.2. The van der Waals surface area contributed by atoms with Gasteiger partial charge in [0.25, 0.3) is 5.56 Å². The molecular formula is C19H11FN4O5. The minimum Gasteiger partial charge on any atom is -0.417 e.